The highest BCUT2D eigenvalue weighted by Crippen LogP contribution is 2.26. The molecule has 7 heteroatoms. The van der Waals surface area contributed by atoms with E-state index in [1.54, 1.807) is 18.3 Å². The predicted molar refractivity (Wildman–Crippen MR) is 109 cm³/mol. The molecule has 1 amide bonds. The maximum absolute atomic E-state index is 12.6. The van der Waals surface area contributed by atoms with Gasteiger partial charge in [-0.2, -0.15) is 0 Å². The normalized spacial score (nSPS) is 10.9. The van der Waals surface area contributed by atoms with Crippen LogP contribution in [0.1, 0.15) is 32.3 Å². The van der Waals surface area contributed by atoms with E-state index in [0.717, 1.165) is 5.56 Å². The summed E-state index contributed by atoms with van der Waals surface area (Å²) in [6.07, 6.45) is 2.95. The molecule has 0 saturated heterocycles. The monoisotopic (exact) mass is 397 g/mol. The Morgan fingerprint density at radius 1 is 1.19 bits per heavy atom. The SMILES string of the molecule is CCC(CC)(CN)C(=O)Nc1ccc(=O)n(Cc2ccccc2Cl)c1.Cl. The van der Waals surface area contributed by atoms with Gasteiger partial charge in [0.15, 0.2) is 0 Å². The third kappa shape index (κ3) is 4.87. The molecule has 2 rings (SSSR count). The van der Waals surface area contributed by atoms with Gasteiger partial charge in [0.1, 0.15) is 0 Å². The van der Waals surface area contributed by atoms with Gasteiger partial charge in [0.05, 0.1) is 17.6 Å². The maximum atomic E-state index is 12.6. The lowest BCUT2D eigenvalue weighted by Gasteiger charge is -2.28. The summed E-state index contributed by atoms with van der Waals surface area (Å²) in [7, 11) is 0. The number of amides is 1. The Hall–Kier alpha value is -1.82. The fraction of sp³-hybridized carbons (Fsp3) is 0.368. The van der Waals surface area contributed by atoms with Crippen molar-refractivity contribution in [1.29, 1.82) is 0 Å². The van der Waals surface area contributed by atoms with Crippen molar-refractivity contribution >= 4 is 35.6 Å². The first-order valence-electron chi connectivity index (χ1n) is 8.41. The molecule has 0 aliphatic carbocycles. The Morgan fingerprint density at radius 3 is 2.42 bits per heavy atom. The van der Waals surface area contributed by atoms with Gasteiger partial charge >= 0.3 is 0 Å². The number of pyridine rings is 1. The second-order valence-corrected chi connectivity index (χ2v) is 6.53. The number of nitrogens with two attached hydrogens (primary N) is 1. The summed E-state index contributed by atoms with van der Waals surface area (Å²) in [6, 6.07) is 10.4. The average molecular weight is 398 g/mol. The van der Waals surface area contributed by atoms with Crippen LogP contribution in [-0.4, -0.2) is 17.0 Å². The van der Waals surface area contributed by atoms with Gasteiger partial charge in [0.2, 0.25) is 5.91 Å². The molecule has 3 N–H and O–H groups in total. The molecule has 0 aliphatic heterocycles. The van der Waals surface area contributed by atoms with Crippen molar-refractivity contribution in [3.63, 3.8) is 0 Å². The van der Waals surface area contributed by atoms with Gasteiger partial charge in [-0.3, -0.25) is 9.59 Å². The minimum Gasteiger partial charge on any atom is -0.329 e. The lowest BCUT2D eigenvalue weighted by atomic mass is 9.81. The largest absolute Gasteiger partial charge is 0.329 e. The topological polar surface area (TPSA) is 77.1 Å². The zero-order valence-electron chi connectivity index (χ0n) is 15.0. The van der Waals surface area contributed by atoms with Gasteiger partial charge in [-0.25, -0.2) is 0 Å². The Kier molecular flexibility index (Phi) is 8.34. The van der Waals surface area contributed by atoms with E-state index < -0.39 is 5.41 Å². The number of nitrogens with one attached hydrogen (secondary N) is 1. The summed E-state index contributed by atoms with van der Waals surface area (Å²) < 4.78 is 1.53. The van der Waals surface area contributed by atoms with Crippen LogP contribution in [-0.2, 0) is 11.3 Å². The fourth-order valence-electron chi connectivity index (χ4n) is 2.76. The molecule has 0 atom stereocenters. The van der Waals surface area contributed by atoms with Crippen LogP contribution in [0, 0.1) is 5.41 Å². The summed E-state index contributed by atoms with van der Waals surface area (Å²) in [6.45, 7) is 4.53. The van der Waals surface area contributed by atoms with Crippen molar-refractivity contribution in [1.82, 2.24) is 4.57 Å². The molecule has 1 aromatic heterocycles. The molecule has 1 aromatic carbocycles. The minimum atomic E-state index is -0.594. The van der Waals surface area contributed by atoms with Crippen molar-refractivity contribution in [2.75, 3.05) is 11.9 Å². The Labute approximate surface area is 165 Å². The van der Waals surface area contributed by atoms with Crippen LogP contribution in [0.15, 0.2) is 47.4 Å². The number of aromatic nitrogens is 1. The van der Waals surface area contributed by atoms with Crippen LogP contribution in [0.3, 0.4) is 0 Å². The van der Waals surface area contributed by atoms with Crippen molar-refractivity contribution in [2.24, 2.45) is 11.1 Å². The van der Waals surface area contributed by atoms with E-state index in [-0.39, 0.29) is 30.4 Å². The molecule has 142 valence electrons. The Balaban J connectivity index is 0.00000338. The van der Waals surface area contributed by atoms with E-state index in [1.807, 2.05) is 32.0 Å². The lowest BCUT2D eigenvalue weighted by molar-refractivity contribution is -0.125. The van der Waals surface area contributed by atoms with Crippen molar-refractivity contribution in [3.8, 4) is 0 Å². The molecule has 0 saturated carbocycles. The first-order valence-corrected chi connectivity index (χ1v) is 8.79. The third-order valence-corrected chi connectivity index (χ3v) is 5.13. The number of benzene rings is 1. The van der Waals surface area contributed by atoms with Crippen molar-refractivity contribution < 1.29 is 4.79 Å². The van der Waals surface area contributed by atoms with Crippen LogP contribution >= 0.6 is 24.0 Å². The van der Waals surface area contributed by atoms with E-state index in [9.17, 15) is 9.59 Å². The molecule has 2 aromatic rings. The van der Waals surface area contributed by atoms with E-state index in [2.05, 4.69) is 5.32 Å². The number of hydrogen-bond donors (Lipinski definition) is 2. The standard InChI is InChI=1S/C19H24ClN3O2.ClH/c1-3-19(4-2,13-21)18(25)22-15-9-10-17(24)23(12-15)11-14-7-5-6-8-16(14)20;/h5-10,12H,3-4,11,13,21H2,1-2H3,(H,22,25);1H. The Morgan fingerprint density at radius 2 is 1.85 bits per heavy atom. The van der Waals surface area contributed by atoms with Crippen molar-refractivity contribution in [3.05, 3.63) is 63.5 Å². The lowest BCUT2D eigenvalue weighted by Crippen LogP contribution is -2.41. The smallest absolute Gasteiger partial charge is 0.250 e. The Bertz CT molecular complexity index is 793. The average Bonchev–Trinajstić information content (AvgIpc) is 2.62. The molecule has 26 heavy (non-hydrogen) atoms. The van der Waals surface area contributed by atoms with E-state index >= 15 is 0 Å². The van der Waals surface area contributed by atoms with Crippen LogP contribution in [0.5, 0.6) is 0 Å². The van der Waals surface area contributed by atoms with Crippen LogP contribution in [0.25, 0.3) is 0 Å². The fourth-order valence-corrected chi connectivity index (χ4v) is 2.95. The number of halogens is 2. The molecule has 0 radical (unpaired) electrons. The molecule has 0 bridgehead atoms. The molecular weight excluding hydrogens is 373 g/mol. The zero-order valence-corrected chi connectivity index (χ0v) is 16.6. The van der Waals surface area contributed by atoms with Gasteiger partial charge in [-0.15, -0.1) is 12.4 Å². The van der Waals surface area contributed by atoms with Crippen LogP contribution in [0.4, 0.5) is 5.69 Å². The van der Waals surface area contributed by atoms with E-state index in [1.165, 1.54) is 10.6 Å². The minimum absolute atomic E-state index is 0. The third-order valence-electron chi connectivity index (χ3n) is 4.77. The summed E-state index contributed by atoms with van der Waals surface area (Å²) >= 11 is 6.17. The summed E-state index contributed by atoms with van der Waals surface area (Å²) in [5.74, 6) is -0.122. The summed E-state index contributed by atoms with van der Waals surface area (Å²) in [5, 5.41) is 3.49. The maximum Gasteiger partial charge on any atom is 0.250 e. The zero-order chi connectivity index (χ0) is 18.4. The van der Waals surface area contributed by atoms with Crippen LogP contribution < -0.4 is 16.6 Å². The number of carbonyl (C=O) groups excluding carboxylic acids is 1. The first kappa shape index (κ1) is 22.2. The molecule has 0 fully saturated rings. The number of nitrogens with zero attached hydrogens (tertiary/aromatic N) is 1. The highest BCUT2D eigenvalue weighted by molar-refractivity contribution is 6.31. The second-order valence-electron chi connectivity index (χ2n) is 6.12. The quantitative estimate of drug-likeness (QED) is 0.747. The van der Waals surface area contributed by atoms with Gasteiger partial charge in [-0.1, -0.05) is 43.6 Å². The number of hydrogen-bond acceptors (Lipinski definition) is 3. The second kappa shape index (κ2) is 9.76. The molecular formula is C19H25Cl2N3O2. The highest BCUT2D eigenvalue weighted by Gasteiger charge is 2.33. The number of carbonyl (C=O) groups is 1. The van der Waals surface area contributed by atoms with Gasteiger partial charge in [0, 0.05) is 23.8 Å². The predicted octanol–water partition coefficient (Wildman–Crippen LogP) is 3.68. The van der Waals surface area contributed by atoms with E-state index in [4.69, 9.17) is 17.3 Å². The van der Waals surface area contributed by atoms with Gasteiger partial charge in [0.25, 0.3) is 5.56 Å². The molecule has 0 unspecified atom stereocenters. The van der Waals surface area contributed by atoms with Gasteiger partial charge in [-0.05, 0) is 30.5 Å². The molecule has 0 spiro atoms. The summed E-state index contributed by atoms with van der Waals surface area (Å²) in [4.78, 5) is 24.8. The molecule has 5 nitrogen and oxygen atoms in total. The molecule has 0 aliphatic rings. The van der Waals surface area contributed by atoms with Crippen LogP contribution in [0.2, 0.25) is 5.02 Å². The number of rotatable bonds is 7. The van der Waals surface area contributed by atoms with E-state index in [0.29, 0.717) is 30.1 Å². The molecule has 1 heterocycles. The van der Waals surface area contributed by atoms with Gasteiger partial charge < -0.3 is 15.6 Å². The number of anilines is 1. The summed E-state index contributed by atoms with van der Waals surface area (Å²) in [5.41, 5.74) is 6.48. The first-order chi connectivity index (χ1) is 12.0. The van der Waals surface area contributed by atoms with Crippen molar-refractivity contribution in [2.45, 2.75) is 33.2 Å². The highest BCUT2D eigenvalue weighted by atomic mass is 35.5.